The second-order valence-electron chi connectivity index (χ2n) is 4.91. The molecule has 0 spiro atoms. The van der Waals surface area contributed by atoms with Crippen LogP contribution >= 0.6 is 0 Å². The van der Waals surface area contributed by atoms with Crippen LogP contribution in [-0.2, 0) is 0 Å². The van der Waals surface area contributed by atoms with E-state index in [9.17, 15) is 5.21 Å². The molecule has 0 aliphatic carbocycles. The summed E-state index contributed by atoms with van der Waals surface area (Å²) in [5, 5.41) is 11.3. The van der Waals surface area contributed by atoms with E-state index in [1.807, 2.05) is 27.7 Å². The molecular weight excluding hydrogens is 152 g/mol. The van der Waals surface area contributed by atoms with Gasteiger partial charge in [-0.1, -0.05) is 0 Å². The number of rotatable bonds is 1. The third kappa shape index (κ3) is 1.26. The maximum absolute atomic E-state index is 9.86. The van der Waals surface area contributed by atoms with Crippen molar-refractivity contribution in [2.75, 3.05) is 6.54 Å². The van der Waals surface area contributed by atoms with Crippen molar-refractivity contribution in [2.45, 2.75) is 45.2 Å². The van der Waals surface area contributed by atoms with E-state index in [1.54, 1.807) is 0 Å². The summed E-state index contributed by atoms with van der Waals surface area (Å²) in [6, 6.07) is 0. The molecular formula is C9H20N2O. The quantitative estimate of drug-likeness (QED) is 0.625. The average Bonchev–Trinajstić information content (AvgIpc) is 2.11. The van der Waals surface area contributed by atoms with E-state index in [1.165, 1.54) is 5.06 Å². The smallest absolute Gasteiger partial charge is 0.0451 e. The highest BCUT2D eigenvalue weighted by molar-refractivity contribution is 5.01. The van der Waals surface area contributed by atoms with Crippen LogP contribution in [0.3, 0.4) is 0 Å². The first-order valence-electron chi connectivity index (χ1n) is 4.51. The van der Waals surface area contributed by atoms with Crippen molar-refractivity contribution >= 4 is 0 Å². The minimum Gasteiger partial charge on any atom is -0.330 e. The maximum atomic E-state index is 9.86. The lowest BCUT2D eigenvalue weighted by atomic mass is 9.87. The van der Waals surface area contributed by atoms with Gasteiger partial charge in [0.25, 0.3) is 0 Å². The monoisotopic (exact) mass is 172 g/mol. The summed E-state index contributed by atoms with van der Waals surface area (Å²) in [4.78, 5) is 0. The Balaban J connectivity index is 2.88. The Labute approximate surface area is 74.5 Å². The van der Waals surface area contributed by atoms with E-state index in [0.29, 0.717) is 12.5 Å². The summed E-state index contributed by atoms with van der Waals surface area (Å²) in [5.41, 5.74) is 5.34. The van der Waals surface area contributed by atoms with Crippen molar-refractivity contribution in [3.8, 4) is 0 Å². The first kappa shape index (κ1) is 9.96. The van der Waals surface area contributed by atoms with Crippen LogP contribution in [0, 0.1) is 5.92 Å². The van der Waals surface area contributed by atoms with Crippen molar-refractivity contribution in [1.29, 1.82) is 0 Å². The minimum atomic E-state index is -0.182. The van der Waals surface area contributed by atoms with Gasteiger partial charge in [0.15, 0.2) is 0 Å². The summed E-state index contributed by atoms with van der Waals surface area (Å²) in [5.74, 6) is 0.387. The molecule has 0 amide bonds. The Morgan fingerprint density at radius 2 is 1.92 bits per heavy atom. The Bertz CT molecular complexity index is 177. The number of nitrogens with zero attached hydrogens (tertiary/aromatic N) is 1. The van der Waals surface area contributed by atoms with Gasteiger partial charge in [0.05, 0.1) is 0 Å². The fourth-order valence-electron chi connectivity index (χ4n) is 2.26. The zero-order valence-corrected chi connectivity index (χ0v) is 8.46. The van der Waals surface area contributed by atoms with E-state index < -0.39 is 0 Å². The van der Waals surface area contributed by atoms with Crippen LogP contribution in [0.15, 0.2) is 0 Å². The van der Waals surface area contributed by atoms with Gasteiger partial charge in [-0.15, -0.1) is 0 Å². The summed E-state index contributed by atoms with van der Waals surface area (Å²) < 4.78 is 0. The van der Waals surface area contributed by atoms with Crippen LogP contribution in [0.1, 0.15) is 34.1 Å². The largest absolute Gasteiger partial charge is 0.330 e. The summed E-state index contributed by atoms with van der Waals surface area (Å²) >= 11 is 0. The van der Waals surface area contributed by atoms with Crippen molar-refractivity contribution in [1.82, 2.24) is 5.06 Å². The number of nitrogens with two attached hydrogens (primary N) is 1. The molecule has 0 unspecified atom stereocenters. The van der Waals surface area contributed by atoms with Crippen LogP contribution in [0.25, 0.3) is 0 Å². The zero-order valence-electron chi connectivity index (χ0n) is 8.46. The van der Waals surface area contributed by atoms with Crippen molar-refractivity contribution in [2.24, 2.45) is 11.7 Å². The van der Waals surface area contributed by atoms with Crippen LogP contribution in [-0.4, -0.2) is 27.9 Å². The van der Waals surface area contributed by atoms with Crippen molar-refractivity contribution in [3.05, 3.63) is 0 Å². The van der Waals surface area contributed by atoms with Gasteiger partial charge < -0.3 is 10.9 Å². The molecule has 1 atom stereocenters. The normalized spacial score (nSPS) is 34.0. The summed E-state index contributed by atoms with van der Waals surface area (Å²) in [6.45, 7) is 8.82. The zero-order chi connectivity index (χ0) is 9.57. The summed E-state index contributed by atoms with van der Waals surface area (Å²) in [6.07, 6.45) is 0.965. The van der Waals surface area contributed by atoms with Gasteiger partial charge in [-0.25, -0.2) is 0 Å². The molecule has 0 radical (unpaired) electrons. The molecule has 1 aliphatic heterocycles. The first-order chi connectivity index (χ1) is 5.32. The third-order valence-corrected chi connectivity index (χ3v) is 3.15. The van der Waals surface area contributed by atoms with E-state index in [-0.39, 0.29) is 11.1 Å². The lowest BCUT2D eigenvalue weighted by Crippen LogP contribution is -2.48. The van der Waals surface area contributed by atoms with Crippen LogP contribution < -0.4 is 5.73 Å². The highest BCUT2D eigenvalue weighted by atomic mass is 16.5. The number of hydrogen-bond acceptors (Lipinski definition) is 3. The SMILES string of the molecule is CC1(C)C[C@H](CN)C(C)(C)N1O. The van der Waals surface area contributed by atoms with E-state index >= 15 is 0 Å². The van der Waals surface area contributed by atoms with Crippen molar-refractivity contribution in [3.63, 3.8) is 0 Å². The van der Waals surface area contributed by atoms with Gasteiger partial charge in [-0.2, -0.15) is 5.06 Å². The van der Waals surface area contributed by atoms with Crippen molar-refractivity contribution < 1.29 is 5.21 Å². The molecule has 0 aromatic rings. The topological polar surface area (TPSA) is 49.5 Å². The maximum Gasteiger partial charge on any atom is 0.0451 e. The predicted molar refractivity (Wildman–Crippen MR) is 48.9 cm³/mol. The molecule has 1 aliphatic rings. The van der Waals surface area contributed by atoms with E-state index in [0.717, 1.165) is 6.42 Å². The van der Waals surface area contributed by atoms with Crippen LogP contribution in [0.4, 0.5) is 0 Å². The molecule has 0 aromatic carbocycles. The molecule has 0 aromatic heterocycles. The molecule has 1 heterocycles. The molecule has 72 valence electrons. The lowest BCUT2D eigenvalue weighted by Gasteiger charge is -2.35. The van der Waals surface area contributed by atoms with E-state index in [2.05, 4.69) is 0 Å². The number of hydrogen-bond donors (Lipinski definition) is 2. The molecule has 3 N–H and O–H groups in total. The molecule has 1 saturated heterocycles. The molecule has 3 nitrogen and oxygen atoms in total. The van der Waals surface area contributed by atoms with Gasteiger partial charge >= 0.3 is 0 Å². The van der Waals surface area contributed by atoms with Gasteiger partial charge in [0.2, 0.25) is 0 Å². The highest BCUT2D eigenvalue weighted by Crippen LogP contribution is 2.42. The summed E-state index contributed by atoms with van der Waals surface area (Å²) in [7, 11) is 0. The highest BCUT2D eigenvalue weighted by Gasteiger charge is 2.50. The minimum absolute atomic E-state index is 0.131. The van der Waals surface area contributed by atoms with Crippen LogP contribution in [0.2, 0.25) is 0 Å². The average molecular weight is 172 g/mol. The Morgan fingerprint density at radius 1 is 1.42 bits per heavy atom. The molecule has 1 fully saturated rings. The second kappa shape index (κ2) is 2.69. The van der Waals surface area contributed by atoms with Gasteiger partial charge in [0.1, 0.15) is 0 Å². The predicted octanol–water partition coefficient (Wildman–Crippen LogP) is 1.21. The first-order valence-corrected chi connectivity index (χ1v) is 4.51. The molecule has 0 bridgehead atoms. The standard InChI is InChI=1S/C9H20N2O/c1-8(2)5-7(6-10)9(3,4)11(8)12/h7,12H,5-6,10H2,1-4H3/t7-/m1/s1. The Morgan fingerprint density at radius 3 is 2.08 bits per heavy atom. The van der Waals surface area contributed by atoms with Gasteiger partial charge in [-0.3, -0.25) is 0 Å². The molecule has 1 rings (SSSR count). The van der Waals surface area contributed by atoms with Gasteiger partial charge in [0, 0.05) is 11.1 Å². The molecule has 3 heteroatoms. The van der Waals surface area contributed by atoms with Crippen LogP contribution in [0.5, 0.6) is 0 Å². The molecule has 0 saturated carbocycles. The van der Waals surface area contributed by atoms with E-state index in [4.69, 9.17) is 5.73 Å². The lowest BCUT2D eigenvalue weighted by molar-refractivity contribution is -0.196. The fraction of sp³-hybridized carbons (Fsp3) is 1.00. The Hall–Kier alpha value is -0.120. The number of hydroxylamine groups is 2. The van der Waals surface area contributed by atoms with Gasteiger partial charge in [-0.05, 0) is 46.6 Å². The second-order valence-corrected chi connectivity index (χ2v) is 4.91. The fourth-order valence-corrected chi connectivity index (χ4v) is 2.26. The Kier molecular flexibility index (Phi) is 2.23. The molecule has 12 heavy (non-hydrogen) atoms. The third-order valence-electron chi connectivity index (χ3n) is 3.15.